The first kappa shape index (κ1) is 23.2. The van der Waals surface area contributed by atoms with Gasteiger partial charge in [-0.15, -0.1) is 0 Å². The number of nitrogens with zero attached hydrogens (tertiary/aromatic N) is 1. The van der Waals surface area contributed by atoms with Gasteiger partial charge in [0.25, 0.3) is 0 Å². The summed E-state index contributed by atoms with van der Waals surface area (Å²) in [6, 6.07) is 1.29. The van der Waals surface area contributed by atoms with Crippen LogP contribution in [0.4, 0.5) is 0 Å². The molecule has 0 unspecified atom stereocenters. The van der Waals surface area contributed by atoms with Gasteiger partial charge in [0.05, 0.1) is 0 Å². The predicted molar refractivity (Wildman–Crippen MR) is 119 cm³/mol. The van der Waals surface area contributed by atoms with E-state index in [1.165, 1.54) is 57.9 Å². The van der Waals surface area contributed by atoms with Crippen LogP contribution in [-0.2, 0) is 0 Å². The molecule has 2 fully saturated rings. The first-order valence-electron chi connectivity index (χ1n) is 11.6. The molecule has 2 aliphatic rings. The Morgan fingerprint density at radius 1 is 0.778 bits per heavy atom. The Hall–Kier alpha value is -0.120. The number of rotatable bonds is 7. The fraction of sp³-hybridized carbons (Fsp3) is 1.00. The van der Waals surface area contributed by atoms with E-state index in [9.17, 15) is 0 Å². The summed E-state index contributed by atoms with van der Waals surface area (Å²) in [5, 5.41) is 7.78. The van der Waals surface area contributed by atoms with Crippen LogP contribution in [0.5, 0.6) is 0 Å². The van der Waals surface area contributed by atoms with Crippen LogP contribution < -0.4 is 10.6 Å². The van der Waals surface area contributed by atoms with Crippen molar-refractivity contribution in [1.29, 1.82) is 0 Å². The van der Waals surface area contributed by atoms with E-state index in [1.54, 1.807) is 0 Å². The van der Waals surface area contributed by atoms with Gasteiger partial charge in [0.2, 0.25) is 0 Å². The number of piperidine rings is 2. The van der Waals surface area contributed by atoms with Crippen LogP contribution in [0.15, 0.2) is 0 Å². The molecule has 0 spiro atoms. The zero-order chi connectivity index (χ0) is 20.5. The number of likely N-dealkylation sites (tertiary alicyclic amines) is 1. The number of hydrogen-bond acceptors (Lipinski definition) is 3. The van der Waals surface area contributed by atoms with Crippen LogP contribution in [0, 0.1) is 0 Å². The summed E-state index contributed by atoms with van der Waals surface area (Å²) in [5.74, 6) is 0. The van der Waals surface area contributed by atoms with Gasteiger partial charge >= 0.3 is 0 Å². The van der Waals surface area contributed by atoms with Gasteiger partial charge in [-0.05, 0) is 94.0 Å². The fourth-order valence-electron chi connectivity index (χ4n) is 6.74. The van der Waals surface area contributed by atoms with Crippen molar-refractivity contribution in [1.82, 2.24) is 15.5 Å². The molecular weight excluding hydrogens is 330 g/mol. The van der Waals surface area contributed by atoms with Gasteiger partial charge in [-0.25, -0.2) is 0 Å². The minimum atomic E-state index is 0.201. The Labute approximate surface area is 170 Å². The van der Waals surface area contributed by atoms with E-state index in [4.69, 9.17) is 0 Å². The van der Waals surface area contributed by atoms with Crippen LogP contribution in [0.1, 0.15) is 114 Å². The summed E-state index contributed by atoms with van der Waals surface area (Å²) >= 11 is 0. The molecule has 0 radical (unpaired) electrons. The van der Waals surface area contributed by atoms with Crippen LogP contribution in [-0.4, -0.2) is 45.7 Å². The van der Waals surface area contributed by atoms with E-state index in [-0.39, 0.29) is 22.2 Å². The topological polar surface area (TPSA) is 27.3 Å². The quantitative estimate of drug-likeness (QED) is 0.573. The van der Waals surface area contributed by atoms with E-state index in [0.717, 1.165) is 0 Å². The zero-order valence-corrected chi connectivity index (χ0v) is 20.0. The summed E-state index contributed by atoms with van der Waals surface area (Å²) < 4.78 is 0. The number of unbranched alkanes of at least 4 members (excludes halogenated alkanes) is 3. The first-order chi connectivity index (χ1) is 12.3. The molecule has 27 heavy (non-hydrogen) atoms. The predicted octanol–water partition coefficient (Wildman–Crippen LogP) is 5.49. The second kappa shape index (κ2) is 8.32. The van der Waals surface area contributed by atoms with Crippen molar-refractivity contribution in [3.63, 3.8) is 0 Å². The third kappa shape index (κ3) is 6.18. The second-order valence-electron chi connectivity index (χ2n) is 12.1. The van der Waals surface area contributed by atoms with Crippen LogP contribution in [0.3, 0.4) is 0 Å². The first-order valence-corrected chi connectivity index (χ1v) is 11.6. The molecule has 2 heterocycles. The Morgan fingerprint density at radius 3 is 1.78 bits per heavy atom. The van der Waals surface area contributed by atoms with E-state index in [0.29, 0.717) is 12.1 Å². The molecule has 0 aliphatic carbocycles. The maximum Gasteiger partial charge on any atom is 0.0176 e. The maximum atomic E-state index is 3.91. The van der Waals surface area contributed by atoms with Gasteiger partial charge in [0.15, 0.2) is 0 Å². The summed E-state index contributed by atoms with van der Waals surface area (Å²) in [6.45, 7) is 22.9. The summed E-state index contributed by atoms with van der Waals surface area (Å²) in [6.07, 6.45) is 10.4. The minimum absolute atomic E-state index is 0.201. The van der Waals surface area contributed by atoms with Gasteiger partial charge in [0.1, 0.15) is 0 Å². The van der Waals surface area contributed by atoms with Crippen molar-refractivity contribution in [3.05, 3.63) is 0 Å². The molecule has 2 saturated heterocycles. The largest absolute Gasteiger partial charge is 0.314 e. The molecule has 0 saturated carbocycles. The molecule has 2 N–H and O–H groups in total. The lowest BCUT2D eigenvalue weighted by Crippen LogP contribution is -2.71. The molecule has 2 aliphatic heterocycles. The Kier molecular flexibility index (Phi) is 7.14. The lowest BCUT2D eigenvalue weighted by atomic mass is 9.71. The van der Waals surface area contributed by atoms with Gasteiger partial charge in [-0.1, -0.05) is 26.2 Å². The average molecular weight is 380 g/mol. The highest BCUT2D eigenvalue weighted by molar-refractivity contribution is 5.09. The Balaban J connectivity index is 2.08. The Morgan fingerprint density at radius 2 is 1.30 bits per heavy atom. The smallest absolute Gasteiger partial charge is 0.0176 e. The van der Waals surface area contributed by atoms with E-state index >= 15 is 0 Å². The lowest BCUT2D eigenvalue weighted by Gasteiger charge is -2.62. The van der Waals surface area contributed by atoms with Crippen molar-refractivity contribution >= 4 is 0 Å². The molecule has 0 bridgehead atoms. The molecular formula is C24H49N3. The molecule has 0 aromatic heterocycles. The van der Waals surface area contributed by atoms with E-state index in [2.05, 4.69) is 77.8 Å². The zero-order valence-electron chi connectivity index (χ0n) is 20.0. The van der Waals surface area contributed by atoms with Crippen LogP contribution in [0.2, 0.25) is 0 Å². The van der Waals surface area contributed by atoms with Gasteiger partial charge in [-0.2, -0.15) is 0 Å². The number of hydrogen-bond donors (Lipinski definition) is 2. The molecule has 0 aromatic rings. The minimum Gasteiger partial charge on any atom is -0.314 e. The van der Waals surface area contributed by atoms with E-state index in [1.807, 2.05) is 0 Å². The third-order valence-corrected chi connectivity index (χ3v) is 6.79. The highest BCUT2D eigenvalue weighted by Crippen LogP contribution is 2.44. The SMILES string of the molecule is CCCCCCNC1CC(C)(C)N(C2CC(C)(C)NC(C)(C)C2)C(C)(C)C1. The van der Waals surface area contributed by atoms with Gasteiger partial charge in [-0.3, -0.25) is 4.90 Å². The summed E-state index contributed by atoms with van der Waals surface area (Å²) in [5.41, 5.74) is 0.869. The van der Waals surface area contributed by atoms with Gasteiger partial charge < -0.3 is 10.6 Å². The normalized spacial score (nSPS) is 28.3. The molecule has 3 heteroatoms. The molecule has 0 amide bonds. The van der Waals surface area contributed by atoms with Crippen LogP contribution >= 0.6 is 0 Å². The fourth-order valence-corrected chi connectivity index (χ4v) is 6.74. The standard InChI is InChI=1S/C24H49N3/c1-10-11-12-13-14-25-19-15-23(6,7)27(24(8,9)16-19)20-17-21(2,3)26-22(4,5)18-20/h19-20,25-26H,10-18H2,1-9H3. The van der Waals surface area contributed by atoms with Gasteiger partial charge in [0, 0.05) is 34.2 Å². The molecule has 0 atom stereocenters. The van der Waals surface area contributed by atoms with Crippen molar-refractivity contribution in [2.45, 2.75) is 148 Å². The molecule has 160 valence electrons. The molecule has 3 nitrogen and oxygen atoms in total. The van der Waals surface area contributed by atoms with Crippen molar-refractivity contribution in [2.75, 3.05) is 6.54 Å². The average Bonchev–Trinajstić information content (AvgIpc) is 2.40. The van der Waals surface area contributed by atoms with Crippen molar-refractivity contribution in [2.24, 2.45) is 0 Å². The number of nitrogens with one attached hydrogen (secondary N) is 2. The molecule has 2 rings (SSSR count). The monoisotopic (exact) mass is 379 g/mol. The summed E-state index contributed by atoms with van der Waals surface area (Å²) in [7, 11) is 0. The lowest BCUT2D eigenvalue weighted by molar-refractivity contribution is -0.0975. The maximum absolute atomic E-state index is 3.91. The second-order valence-corrected chi connectivity index (χ2v) is 12.1. The van der Waals surface area contributed by atoms with Crippen molar-refractivity contribution < 1.29 is 0 Å². The van der Waals surface area contributed by atoms with Crippen molar-refractivity contribution in [3.8, 4) is 0 Å². The Bertz CT molecular complexity index is 444. The highest BCUT2D eigenvalue weighted by atomic mass is 15.3. The summed E-state index contributed by atoms with van der Waals surface area (Å²) in [4.78, 5) is 2.90. The third-order valence-electron chi connectivity index (χ3n) is 6.79. The van der Waals surface area contributed by atoms with E-state index < -0.39 is 0 Å². The highest BCUT2D eigenvalue weighted by Gasteiger charge is 2.51. The van der Waals surface area contributed by atoms with Crippen LogP contribution in [0.25, 0.3) is 0 Å². The molecule has 0 aromatic carbocycles.